The van der Waals surface area contributed by atoms with E-state index in [1.807, 2.05) is 0 Å². The van der Waals surface area contributed by atoms with Crippen LogP contribution in [-0.2, 0) is 4.79 Å². The standard InChI is InChI=1S/C17H33N3O/c1-14(2)7-8-19-9-11-20(12-10-19)17(21)16-5-3-15(13-18)4-6-16/h14-16H,3-13,18H2,1-2H3. The van der Waals surface area contributed by atoms with Crippen LogP contribution in [0.4, 0.5) is 0 Å². The van der Waals surface area contributed by atoms with E-state index >= 15 is 0 Å². The van der Waals surface area contributed by atoms with Crippen LogP contribution >= 0.6 is 0 Å². The van der Waals surface area contributed by atoms with Gasteiger partial charge in [-0.2, -0.15) is 0 Å². The van der Waals surface area contributed by atoms with Gasteiger partial charge in [0.25, 0.3) is 0 Å². The van der Waals surface area contributed by atoms with Crippen LogP contribution in [0.2, 0.25) is 0 Å². The smallest absolute Gasteiger partial charge is 0.225 e. The van der Waals surface area contributed by atoms with E-state index in [1.165, 1.54) is 13.0 Å². The molecule has 0 aromatic rings. The summed E-state index contributed by atoms with van der Waals surface area (Å²) in [5, 5.41) is 0. The molecule has 1 amide bonds. The van der Waals surface area contributed by atoms with Crippen molar-refractivity contribution in [1.82, 2.24) is 9.80 Å². The Hall–Kier alpha value is -0.610. The monoisotopic (exact) mass is 295 g/mol. The average molecular weight is 295 g/mol. The zero-order valence-corrected chi connectivity index (χ0v) is 13.9. The van der Waals surface area contributed by atoms with Gasteiger partial charge in [0.15, 0.2) is 0 Å². The molecule has 0 atom stereocenters. The summed E-state index contributed by atoms with van der Waals surface area (Å²) in [5.74, 6) is 2.10. The second-order valence-electron chi connectivity index (χ2n) is 7.30. The van der Waals surface area contributed by atoms with Gasteiger partial charge in [0.1, 0.15) is 0 Å². The van der Waals surface area contributed by atoms with Gasteiger partial charge in [-0.25, -0.2) is 0 Å². The van der Waals surface area contributed by atoms with Crippen molar-refractivity contribution in [3.63, 3.8) is 0 Å². The van der Waals surface area contributed by atoms with Crippen molar-refractivity contribution in [3.8, 4) is 0 Å². The van der Waals surface area contributed by atoms with Gasteiger partial charge < -0.3 is 10.6 Å². The van der Waals surface area contributed by atoms with Crippen molar-refractivity contribution >= 4 is 5.91 Å². The molecular weight excluding hydrogens is 262 g/mol. The molecule has 21 heavy (non-hydrogen) atoms. The molecule has 0 spiro atoms. The number of nitrogens with zero attached hydrogens (tertiary/aromatic N) is 2. The van der Waals surface area contributed by atoms with Crippen LogP contribution in [-0.4, -0.2) is 55.0 Å². The zero-order valence-electron chi connectivity index (χ0n) is 13.9. The van der Waals surface area contributed by atoms with Crippen LogP contribution < -0.4 is 5.73 Å². The first-order valence-corrected chi connectivity index (χ1v) is 8.81. The van der Waals surface area contributed by atoms with Gasteiger partial charge in [-0.3, -0.25) is 9.69 Å². The molecule has 0 aromatic carbocycles. The van der Waals surface area contributed by atoms with Gasteiger partial charge in [0.2, 0.25) is 5.91 Å². The molecule has 122 valence electrons. The Morgan fingerprint density at radius 3 is 2.24 bits per heavy atom. The highest BCUT2D eigenvalue weighted by atomic mass is 16.2. The molecule has 0 bridgehead atoms. The molecule has 2 rings (SSSR count). The molecule has 0 radical (unpaired) electrons. The predicted molar refractivity (Wildman–Crippen MR) is 87.0 cm³/mol. The summed E-state index contributed by atoms with van der Waals surface area (Å²) in [4.78, 5) is 17.2. The number of amides is 1. The molecule has 2 fully saturated rings. The van der Waals surface area contributed by atoms with Gasteiger partial charge >= 0.3 is 0 Å². The molecule has 2 aliphatic rings. The molecule has 1 aliphatic carbocycles. The number of carbonyl (C=O) groups excluding carboxylic acids is 1. The van der Waals surface area contributed by atoms with Crippen LogP contribution in [0, 0.1) is 17.8 Å². The topological polar surface area (TPSA) is 49.6 Å². The van der Waals surface area contributed by atoms with Crippen LogP contribution in [0.25, 0.3) is 0 Å². The summed E-state index contributed by atoms with van der Waals surface area (Å²) in [5.41, 5.74) is 5.73. The van der Waals surface area contributed by atoms with E-state index in [-0.39, 0.29) is 5.92 Å². The fourth-order valence-corrected chi connectivity index (χ4v) is 3.54. The Balaban J connectivity index is 1.71. The van der Waals surface area contributed by atoms with Crippen molar-refractivity contribution < 1.29 is 4.79 Å². The van der Waals surface area contributed by atoms with Crippen molar-refractivity contribution in [2.45, 2.75) is 46.0 Å². The highest BCUT2D eigenvalue weighted by Crippen LogP contribution is 2.29. The second-order valence-corrected chi connectivity index (χ2v) is 7.30. The van der Waals surface area contributed by atoms with Gasteiger partial charge in [-0.1, -0.05) is 13.8 Å². The lowest BCUT2D eigenvalue weighted by molar-refractivity contribution is -0.138. The summed E-state index contributed by atoms with van der Waals surface area (Å²) in [7, 11) is 0. The number of piperazine rings is 1. The maximum Gasteiger partial charge on any atom is 0.225 e. The molecule has 1 heterocycles. The average Bonchev–Trinajstić information content (AvgIpc) is 2.53. The third-order valence-electron chi connectivity index (χ3n) is 5.24. The summed E-state index contributed by atoms with van der Waals surface area (Å²) in [6.07, 6.45) is 5.64. The van der Waals surface area contributed by atoms with Crippen LogP contribution in [0.5, 0.6) is 0 Å². The molecule has 0 aromatic heterocycles. The normalized spacial score (nSPS) is 28.1. The molecule has 1 saturated carbocycles. The Bertz CT molecular complexity index is 316. The third kappa shape index (κ3) is 4.96. The predicted octanol–water partition coefficient (Wildman–Crippen LogP) is 1.94. The molecule has 4 heteroatoms. The van der Waals surface area contributed by atoms with Gasteiger partial charge in [0.05, 0.1) is 0 Å². The van der Waals surface area contributed by atoms with Gasteiger partial charge in [-0.15, -0.1) is 0 Å². The summed E-state index contributed by atoms with van der Waals surface area (Å²) in [6, 6.07) is 0. The van der Waals surface area contributed by atoms with E-state index < -0.39 is 0 Å². The van der Waals surface area contributed by atoms with Crippen molar-refractivity contribution in [2.75, 3.05) is 39.3 Å². The van der Waals surface area contributed by atoms with E-state index in [0.717, 1.165) is 64.3 Å². The van der Waals surface area contributed by atoms with Crippen molar-refractivity contribution in [3.05, 3.63) is 0 Å². The van der Waals surface area contributed by atoms with E-state index in [4.69, 9.17) is 5.73 Å². The third-order valence-corrected chi connectivity index (χ3v) is 5.24. The van der Waals surface area contributed by atoms with Crippen molar-refractivity contribution in [2.24, 2.45) is 23.5 Å². The Kier molecular flexibility index (Phi) is 6.49. The molecule has 2 N–H and O–H groups in total. The Morgan fingerprint density at radius 1 is 1.10 bits per heavy atom. The minimum absolute atomic E-state index is 0.273. The number of carbonyl (C=O) groups is 1. The zero-order chi connectivity index (χ0) is 15.2. The number of hydrogen-bond donors (Lipinski definition) is 1. The largest absolute Gasteiger partial charge is 0.340 e. The minimum atomic E-state index is 0.273. The summed E-state index contributed by atoms with van der Waals surface area (Å²) >= 11 is 0. The molecular formula is C17H33N3O. The van der Waals surface area contributed by atoms with Crippen molar-refractivity contribution in [1.29, 1.82) is 0 Å². The Labute approximate surface area is 130 Å². The lowest BCUT2D eigenvalue weighted by atomic mass is 9.81. The Morgan fingerprint density at radius 2 is 1.71 bits per heavy atom. The molecule has 1 aliphatic heterocycles. The molecule has 1 saturated heterocycles. The lowest BCUT2D eigenvalue weighted by Gasteiger charge is -2.38. The number of rotatable bonds is 5. The first kappa shape index (κ1) is 16.8. The quantitative estimate of drug-likeness (QED) is 0.843. The van der Waals surface area contributed by atoms with E-state index in [1.54, 1.807) is 0 Å². The van der Waals surface area contributed by atoms with Gasteiger partial charge in [0, 0.05) is 32.1 Å². The minimum Gasteiger partial charge on any atom is -0.340 e. The number of nitrogens with two attached hydrogens (primary N) is 1. The van der Waals surface area contributed by atoms with Crippen LogP contribution in [0.15, 0.2) is 0 Å². The molecule has 4 nitrogen and oxygen atoms in total. The second kappa shape index (κ2) is 8.14. The molecule has 0 unspecified atom stereocenters. The van der Waals surface area contributed by atoms with Crippen LogP contribution in [0.1, 0.15) is 46.0 Å². The SMILES string of the molecule is CC(C)CCN1CCN(C(=O)C2CCC(CN)CC2)CC1. The fourth-order valence-electron chi connectivity index (χ4n) is 3.54. The van der Waals surface area contributed by atoms with E-state index in [0.29, 0.717) is 11.8 Å². The fraction of sp³-hybridized carbons (Fsp3) is 0.941. The summed E-state index contributed by atoms with van der Waals surface area (Å²) in [6.45, 7) is 10.5. The maximum absolute atomic E-state index is 12.6. The summed E-state index contributed by atoms with van der Waals surface area (Å²) < 4.78 is 0. The van der Waals surface area contributed by atoms with Crippen LogP contribution in [0.3, 0.4) is 0 Å². The van der Waals surface area contributed by atoms with E-state index in [9.17, 15) is 4.79 Å². The maximum atomic E-state index is 12.6. The first-order valence-electron chi connectivity index (χ1n) is 8.81. The van der Waals surface area contributed by atoms with E-state index in [2.05, 4.69) is 23.6 Å². The lowest BCUT2D eigenvalue weighted by Crippen LogP contribution is -2.50. The highest BCUT2D eigenvalue weighted by molar-refractivity contribution is 5.79. The first-order chi connectivity index (χ1) is 10.1. The highest BCUT2D eigenvalue weighted by Gasteiger charge is 2.30. The number of hydrogen-bond acceptors (Lipinski definition) is 3. The van der Waals surface area contributed by atoms with Gasteiger partial charge in [-0.05, 0) is 57.0 Å².